The second-order valence-corrected chi connectivity index (χ2v) is 7.89. The highest BCUT2D eigenvalue weighted by molar-refractivity contribution is 14.0. The summed E-state index contributed by atoms with van der Waals surface area (Å²) in [6, 6.07) is 14.1. The summed E-state index contributed by atoms with van der Waals surface area (Å²) in [5, 5.41) is 3.38. The Labute approximate surface area is 214 Å². The summed E-state index contributed by atoms with van der Waals surface area (Å²) in [5.74, 6) is 2.61. The van der Waals surface area contributed by atoms with E-state index in [9.17, 15) is 4.79 Å². The zero-order valence-electron chi connectivity index (χ0n) is 20.0. The van der Waals surface area contributed by atoms with Crippen molar-refractivity contribution < 1.29 is 14.3 Å². The van der Waals surface area contributed by atoms with E-state index < -0.39 is 0 Å². The van der Waals surface area contributed by atoms with Crippen LogP contribution in [-0.2, 0) is 24.4 Å². The van der Waals surface area contributed by atoms with Gasteiger partial charge in [0.15, 0.2) is 5.96 Å². The summed E-state index contributed by atoms with van der Waals surface area (Å²) in [7, 11) is 5.33. The molecular weight excluding hydrogens is 531 g/mol. The van der Waals surface area contributed by atoms with Gasteiger partial charge in [-0.05, 0) is 36.6 Å². The third kappa shape index (κ3) is 7.25. The maximum Gasteiger partial charge on any atom is 0.222 e. The third-order valence-corrected chi connectivity index (χ3v) is 5.65. The normalized spacial score (nSPS) is 13.5. The first-order valence-electron chi connectivity index (χ1n) is 11.1. The lowest BCUT2D eigenvalue weighted by atomic mass is 10.1. The SMILES string of the molecule is CCNC(=NCc1ccccc1CN1CCCC1=O)N(C)Cc1ccc(OC)cc1OC.I. The van der Waals surface area contributed by atoms with E-state index in [0.717, 1.165) is 53.7 Å². The highest BCUT2D eigenvalue weighted by Crippen LogP contribution is 2.25. The molecule has 0 radical (unpaired) electrons. The molecule has 1 amide bonds. The highest BCUT2D eigenvalue weighted by atomic mass is 127. The summed E-state index contributed by atoms with van der Waals surface area (Å²) < 4.78 is 10.8. The van der Waals surface area contributed by atoms with Crippen molar-refractivity contribution in [3.63, 3.8) is 0 Å². The van der Waals surface area contributed by atoms with Crippen LogP contribution in [0.1, 0.15) is 36.5 Å². The van der Waals surface area contributed by atoms with Gasteiger partial charge >= 0.3 is 0 Å². The fraction of sp³-hybridized carbons (Fsp3) is 0.440. The van der Waals surface area contributed by atoms with E-state index in [4.69, 9.17) is 14.5 Å². The van der Waals surface area contributed by atoms with Crippen LogP contribution in [0.2, 0.25) is 0 Å². The van der Waals surface area contributed by atoms with Crippen LogP contribution in [0.4, 0.5) is 0 Å². The Balaban J connectivity index is 0.00000385. The van der Waals surface area contributed by atoms with E-state index in [-0.39, 0.29) is 29.9 Å². The number of carbonyl (C=O) groups excluding carboxylic acids is 1. The lowest BCUT2D eigenvalue weighted by Gasteiger charge is -2.23. The topological polar surface area (TPSA) is 66.4 Å². The summed E-state index contributed by atoms with van der Waals surface area (Å²) in [6.07, 6.45) is 1.61. The van der Waals surface area contributed by atoms with E-state index in [1.54, 1.807) is 14.2 Å². The van der Waals surface area contributed by atoms with E-state index in [1.807, 2.05) is 42.3 Å². The Bertz CT molecular complexity index is 951. The van der Waals surface area contributed by atoms with Gasteiger partial charge in [-0.2, -0.15) is 0 Å². The number of nitrogens with zero attached hydrogens (tertiary/aromatic N) is 3. The molecule has 8 heteroatoms. The van der Waals surface area contributed by atoms with Crippen molar-refractivity contribution in [3.05, 3.63) is 59.2 Å². The van der Waals surface area contributed by atoms with Crippen LogP contribution in [0.15, 0.2) is 47.5 Å². The number of amides is 1. The lowest BCUT2D eigenvalue weighted by Crippen LogP contribution is -2.38. The molecule has 0 spiro atoms. The van der Waals surface area contributed by atoms with Gasteiger partial charge in [0, 0.05) is 51.3 Å². The number of likely N-dealkylation sites (tertiary alicyclic amines) is 1. The van der Waals surface area contributed by atoms with Crippen molar-refractivity contribution in [2.75, 3.05) is 34.4 Å². The first-order valence-corrected chi connectivity index (χ1v) is 11.1. The van der Waals surface area contributed by atoms with Crippen LogP contribution < -0.4 is 14.8 Å². The number of guanidine groups is 1. The molecule has 33 heavy (non-hydrogen) atoms. The van der Waals surface area contributed by atoms with E-state index >= 15 is 0 Å². The average molecular weight is 566 g/mol. The van der Waals surface area contributed by atoms with Gasteiger partial charge in [-0.1, -0.05) is 24.3 Å². The second-order valence-electron chi connectivity index (χ2n) is 7.89. The standard InChI is InChI=1S/C25H34N4O3.HI/c1-5-26-25(28(2)17-21-12-13-22(31-3)15-23(21)32-4)27-16-19-9-6-7-10-20(19)18-29-14-8-11-24(29)30;/h6-7,9-10,12-13,15H,5,8,11,14,16-18H2,1-4H3,(H,26,27);1H. The third-order valence-electron chi connectivity index (χ3n) is 5.65. The highest BCUT2D eigenvalue weighted by Gasteiger charge is 2.21. The molecule has 1 saturated heterocycles. The number of benzene rings is 2. The molecule has 7 nitrogen and oxygen atoms in total. The Morgan fingerprint density at radius 1 is 1.12 bits per heavy atom. The van der Waals surface area contributed by atoms with Crippen molar-refractivity contribution in [2.24, 2.45) is 4.99 Å². The number of hydrogen-bond acceptors (Lipinski definition) is 4. The van der Waals surface area contributed by atoms with Crippen LogP contribution in [-0.4, -0.2) is 56.0 Å². The summed E-state index contributed by atoms with van der Waals surface area (Å²) in [6.45, 7) is 5.51. The van der Waals surface area contributed by atoms with Crippen molar-refractivity contribution in [2.45, 2.75) is 39.4 Å². The van der Waals surface area contributed by atoms with Gasteiger partial charge in [0.2, 0.25) is 5.91 Å². The van der Waals surface area contributed by atoms with Crippen LogP contribution >= 0.6 is 24.0 Å². The van der Waals surface area contributed by atoms with Crippen molar-refractivity contribution in [1.82, 2.24) is 15.1 Å². The minimum Gasteiger partial charge on any atom is -0.497 e. The monoisotopic (exact) mass is 566 g/mol. The zero-order chi connectivity index (χ0) is 22.9. The molecule has 0 unspecified atom stereocenters. The molecule has 0 aliphatic carbocycles. The molecule has 0 atom stereocenters. The molecule has 1 N–H and O–H groups in total. The van der Waals surface area contributed by atoms with Gasteiger partial charge in [0.1, 0.15) is 11.5 Å². The summed E-state index contributed by atoms with van der Waals surface area (Å²) in [5.41, 5.74) is 3.34. The molecular formula is C25H35IN4O3. The smallest absolute Gasteiger partial charge is 0.222 e. The number of nitrogens with one attached hydrogen (secondary N) is 1. The minimum absolute atomic E-state index is 0. The van der Waals surface area contributed by atoms with Gasteiger partial charge in [-0.15, -0.1) is 24.0 Å². The number of ether oxygens (including phenoxy) is 2. The van der Waals surface area contributed by atoms with Crippen molar-refractivity contribution in [3.8, 4) is 11.5 Å². The zero-order valence-corrected chi connectivity index (χ0v) is 22.3. The Morgan fingerprint density at radius 2 is 1.88 bits per heavy atom. The van der Waals surface area contributed by atoms with Crippen molar-refractivity contribution in [1.29, 1.82) is 0 Å². The van der Waals surface area contributed by atoms with E-state index in [0.29, 0.717) is 26.1 Å². The van der Waals surface area contributed by atoms with Crippen LogP contribution in [0.25, 0.3) is 0 Å². The van der Waals surface area contributed by atoms with E-state index in [2.05, 4.69) is 29.3 Å². The Kier molecular flexibility index (Phi) is 10.8. The average Bonchev–Trinajstić information content (AvgIpc) is 3.21. The van der Waals surface area contributed by atoms with Gasteiger partial charge in [-0.25, -0.2) is 4.99 Å². The molecule has 1 aliphatic heterocycles. The number of methoxy groups -OCH3 is 2. The predicted octanol–water partition coefficient (Wildman–Crippen LogP) is 4.04. The molecule has 2 aromatic rings. The van der Waals surface area contributed by atoms with Gasteiger partial charge in [0.25, 0.3) is 0 Å². The molecule has 1 heterocycles. The fourth-order valence-electron chi connectivity index (χ4n) is 3.89. The quantitative estimate of drug-likeness (QED) is 0.282. The fourth-order valence-corrected chi connectivity index (χ4v) is 3.89. The lowest BCUT2D eigenvalue weighted by molar-refractivity contribution is -0.128. The van der Waals surface area contributed by atoms with Gasteiger partial charge in [0.05, 0.1) is 20.8 Å². The molecule has 0 bridgehead atoms. The minimum atomic E-state index is 0. The molecule has 0 saturated carbocycles. The second kappa shape index (κ2) is 13.3. The molecule has 180 valence electrons. The largest absolute Gasteiger partial charge is 0.497 e. The molecule has 1 fully saturated rings. The van der Waals surface area contributed by atoms with Crippen LogP contribution in [0.3, 0.4) is 0 Å². The van der Waals surface area contributed by atoms with Crippen LogP contribution in [0.5, 0.6) is 11.5 Å². The number of halogens is 1. The molecule has 0 aromatic heterocycles. The maximum atomic E-state index is 12.1. The van der Waals surface area contributed by atoms with Gasteiger partial charge < -0.3 is 24.6 Å². The van der Waals surface area contributed by atoms with Crippen LogP contribution in [0, 0.1) is 0 Å². The molecule has 3 rings (SSSR count). The van der Waals surface area contributed by atoms with E-state index in [1.165, 1.54) is 0 Å². The maximum absolute atomic E-state index is 12.1. The number of hydrogen-bond donors (Lipinski definition) is 1. The number of aliphatic imine (C=N–C) groups is 1. The van der Waals surface area contributed by atoms with Gasteiger partial charge in [-0.3, -0.25) is 4.79 Å². The summed E-state index contributed by atoms with van der Waals surface area (Å²) >= 11 is 0. The Morgan fingerprint density at radius 3 is 2.52 bits per heavy atom. The molecule has 2 aromatic carbocycles. The summed E-state index contributed by atoms with van der Waals surface area (Å²) in [4.78, 5) is 21.0. The first kappa shape index (κ1) is 26.8. The molecule has 1 aliphatic rings. The number of carbonyl (C=O) groups is 1. The van der Waals surface area contributed by atoms with Crippen molar-refractivity contribution >= 4 is 35.8 Å². The first-order chi connectivity index (χ1) is 15.5. The number of rotatable bonds is 9. The Hall–Kier alpha value is -2.49. The predicted molar refractivity (Wildman–Crippen MR) is 142 cm³/mol.